The Labute approximate surface area is 160 Å². The lowest BCUT2D eigenvalue weighted by atomic mass is 9.84. The molecule has 2 heterocycles. The average molecular weight is 384 g/mol. The van der Waals surface area contributed by atoms with Crippen LogP contribution in [0.5, 0.6) is 5.75 Å². The van der Waals surface area contributed by atoms with Crippen LogP contribution >= 0.6 is 0 Å². The predicted octanol–water partition coefficient (Wildman–Crippen LogP) is 4.19. The molecule has 0 aliphatic carbocycles. The van der Waals surface area contributed by atoms with Crippen LogP contribution in [0.2, 0.25) is 0 Å². The Morgan fingerprint density at radius 3 is 2.19 bits per heavy atom. The van der Waals surface area contributed by atoms with E-state index in [1.807, 2.05) is 42.5 Å². The van der Waals surface area contributed by atoms with Gasteiger partial charge in [0, 0.05) is 11.5 Å². The van der Waals surface area contributed by atoms with E-state index in [9.17, 15) is 13.2 Å². The van der Waals surface area contributed by atoms with E-state index in [-0.39, 0.29) is 22.2 Å². The Morgan fingerprint density at radius 2 is 1.56 bits per heavy atom. The van der Waals surface area contributed by atoms with Crippen LogP contribution in [0, 0.1) is 5.92 Å². The summed E-state index contributed by atoms with van der Waals surface area (Å²) < 4.78 is 30.6. The summed E-state index contributed by atoms with van der Waals surface area (Å²) in [6, 6.07) is 17.1. The Bertz CT molecular complexity index is 883. The molecule has 0 spiro atoms. The number of carbonyl (C=O) groups excluding carboxylic acids is 1. The highest BCUT2D eigenvalue weighted by atomic mass is 32.2. The summed E-state index contributed by atoms with van der Waals surface area (Å²) >= 11 is 0. The van der Waals surface area contributed by atoms with Gasteiger partial charge < -0.3 is 4.74 Å². The Hall–Kier alpha value is -2.14. The maximum absolute atomic E-state index is 12.9. The molecule has 5 heteroatoms. The fourth-order valence-corrected chi connectivity index (χ4v) is 6.85. The molecule has 4 nitrogen and oxygen atoms in total. The molecule has 2 aromatic carbocycles. The van der Waals surface area contributed by atoms with Gasteiger partial charge in [0.1, 0.15) is 12.4 Å². The Kier molecular flexibility index (Phi) is 5.04. The second-order valence-corrected chi connectivity index (χ2v) is 10.1. The first-order chi connectivity index (χ1) is 13.0. The van der Waals surface area contributed by atoms with Crippen molar-refractivity contribution >= 4 is 15.6 Å². The molecular formula is C22H24O4S. The molecule has 2 fully saturated rings. The first kappa shape index (κ1) is 18.2. The van der Waals surface area contributed by atoms with Gasteiger partial charge in [0.2, 0.25) is 0 Å². The molecular weight excluding hydrogens is 360 g/mol. The quantitative estimate of drug-likeness (QED) is 0.725. The molecule has 0 radical (unpaired) electrons. The maximum atomic E-state index is 12.9. The summed E-state index contributed by atoms with van der Waals surface area (Å²) in [5.41, 5.74) is 1.73. The van der Waals surface area contributed by atoms with E-state index < -0.39 is 9.84 Å². The molecule has 4 rings (SSSR count). The van der Waals surface area contributed by atoms with Crippen molar-refractivity contribution in [3.63, 3.8) is 0 Å². The van der Waals surface area contributed by atoms with Crippen molar-refractivity contribution in [2.75, 3.05) is 0 Å². The molecule has 2 aromatic rings. The topological polar surface area (TPSA) is 60.4 Å². The third kappa shape index (κ3) is 3.79. The molecule has 0 N–H and O–H groups in total. The molecule has 0 aromatic heterocycles. The van der Waals surface area contributed by atoms with Crippen LogP contribution in [-0.4, -0.2) is 24.7 Å². The summed E-state index contributed by atoms with van der Waals surface area (Å²) in [7, 11) is -3.03. The molecule has 2 aliphatic heterocycles. The number of ether oxygens (including phenoxy) is 1. The smallest absolute Gasteiger partial charge is 0.166 e. The first-order valence-corrected chi connectivity index (χ1v) is 11.2. The lowest BCUT2D eigenvalue weighted by molar-refractivity contribution is 0.0894. The minimum Gasteiger partial charge on any atom is -0.489 e. The molecule has 2 unspecified atom stereocenters. The van der Waals surface area contributed by atoms with Gasteiger partial charge >= 0.3 is 0 Å². The number of carbonyl (C=O) groups is 1. The van der Waals surface area contributed by atoms with Gasteiger partial charge in [-0.05, 0) is 55.5 Å². The highest BCUT2D eigenvalue weighted by Gasteiger charge is 2.46. The van der Waals surface area contributed by atoms with E-state index in [2.05, 4.69) is 0 Å². The zero-order valence-corrected chi connectivity index (χ0v) is 16.0. The van der Waals surface area contributed by atoms with Crippen LogP contribution in [0.25, 0.3) is 0 Å². The number of benzene rings is 2. The Balaban J connectivity index is 1.41. The van der Waals surface area contributed by atoms with E-state index in [4.69, 9.17) is 4.74 Å². The van der Waals surface area contributed by atoms with Crippen molar-refractivity contribution in [3.8, 4) is 5.75 Å². The molecule has 2 atom stereocenters. The number of Topliss-reactive ketones (excluding diaryl/α,β-unsaturated/α-hetero) is 1. The Morgan fingerprint density at radius 1 is 0.926 bits per heavy atom. The van der Waals surface area contributed by atoms with Crippen molar-refractivity contribution in [3.05, 3.63) is 65.7 Å². The fraction of sp³-hybridized carbons (Fsp3) is 0.409. The van der Waals surface area contributed by atoms with Crippen LogP contribution in [0.4, 0.5) is 0 Å². The second-order valence-electron chi connectivity index (χ2n) is 7.60. The third-order valence-corrected chi connectivity index (χ3v) is 8.55. The largest absolute Gasteiger partial charge is 0.489 e. The monoisotopic (exact) mass is 384 g/mol. The van der Waals surface area contributed by atoms with Crippen LogP contribution < -0.4 is 4.74 Å². The van der Waals surface area contributed by atoms with Gasteiger partial charge in [-0.25, -0.2) is 8.42 Å². The van der Waals surface area contributed by atoms with Crippen molar-refractivity contribution in [1.29, 1.82) is 0 Å². The molecule has 2 saturated heterocycles. The van der Waals surface area contributed by atoms with Gasteiger partial charge in [-0.15, -0.1) is 0 Å². The van der Waals surface area contributed by atoms with Crippen LogP contribution in [0.1, 0.15) is 48.0 Å². The van der Waals surface area contributed by atoms with Crippen molar-refractivity contribution < 1.29 is 17.9 Å². The lowest BCUT2D eigenvalue weighted by Gasteiger charge is -2.38. The highest BCUT2D eigenvalue weighted by Crippen LogP contribution is 2.40. The number of hydrogen-bond donors (Lipinski definition) is 0. The molecule has 2 bridgehead atoms. The summed E-state index contributed by atoms with van der Waals surface area (Å²) in [6.45, 7) is 0.484. The lowest BCUT2D eigenvalue weighted by Crippen LogP contribution is -2.45. The van der Waals surface area contributed by atoms with Gasteiger partial charge in [0.15, 0.2) is 15.6 Å². The summed E-state index contributed by atoms with van der Waals surface area (Å²) in [5.74, 6) is 0.606. The maximum Gasteiger partial charge on any atom is 0.166 e. The summed E-state index contributed by atoms with van der Waals surface area (Å²) in [6.07, 6.45) is 3.32. The third-order valence-electron chi connectivity index (χ3n) is 5.83. The van der Waals surface area contributed by atoms with Gasteiger partial charge in [-0.3, -0.25) is 4.79 Å². The van der Waals surface area contributed by atoms with Crippen LogP contribution in [0.3, 0.4) is 0 Å². The highest BCUT2D eigenvalue weighted by molar-refractivity contribution is 7.92. The minimum absolute atomic E-state index is 0.0661. The van der Waals surface area contributed by atoms with Crippen LogP contribution in [-0.2, 0) is 16.4 Å². The molecule has 27 heavy (non-hydrogen) atoms. The molecule has 142 valence electrons. The summed E-state index contributed by atoms with van der Waals surface area (Å²) in [4.78, 5) is 12.9. The number of hydrogen-bond acceptors (Lipinski definition) is 4. The first-order valence-electron chi connectivity index (χ1n) is 9.58. The molecule has 0 amide bonds. The fourth-order valence-electron chi connectivity index (χ4n) is 4.31. The minimum atomic E-state index is -3.03. The van der Waals surface area contributed by atoms with Crippen molar-refractivity contribution in [1.82, 2.24) is 0 Å². The zero-order chi connectivity index (χ0) is 18.9. The van der Waals surface area contributed by atoms with Gasteiger partial charge in [0.25, 0.3) is 0 Å². The number of sulfone groups is 1. The SMILES string of the molecule is O=C(c1ccc(OCc2ccccc2)cc1)C1CC2CCCC(C1)S2(=O)=O. The van der Waals surface area contributed by atoms with Gasteiger partial charge in [0.05, 0.1) is 10.5 Å². The van der Waals surface area contributed by atoms with Crippen molar-refractivity contribution in [2.24, 2.45) is 5.92 Å². The second kappa shape index (κ2) is 7.47. The number of rotatable bonds is 5. The normalized spacial score (nSPS) is 26.3. The molecule has 2 aliphatic rings. The molecule has 0 saturated carbocycles. The van der Waals surface area contributed by atoms with E-state index in [1.54, 1.807) is 12.1 Å². The average Bonchev–Trinajstić information content (AvgIpc) is 2.66. The number of fused-ring (bicyclic) bond motifs is 2. The van der Waals surface area contributed by atoms with Crippen LogP contribution in [0.15, 0.2) is 54.6 Å². The van der Waals surface area contributed by atoms with E-state index >= 15 is 0 Å². The standard InChI is InChI=1S/C22H24O4S/c23-22(18-13-20-7-4-8-21(14-18)27(20,24)25)17-9-11-19(12-10-17)26-15-16-5-2-1-3-6-16/h1-3,5-6,9-12,18,20-21H,4,7-8,13-15H2. The van der Waals surface area contributed by atoms with Crippen molar-refractivity contribution in [2.45, 2.75) is 49.2 Å². The van der Waals surface area contributed by atoms with E-state index in [0.717, 1.165) is 17.7 Å². The predicted molar refractivity (Wildman–Crippen MR) is 105 cm³/mol. The van der Waals surface area contributed by atoms with E-state index in [0.29, 0.717) is 37.9 Å². The van der Waals surface area contributed by atoms with Gasteiger partial charge in [-0.1, -0.05) is 36.8 Å². The summed E-state index contributed by atoms with van der Waals surface area (Å²) in [5, 5.41) is -0.653. The number of ketones is 1. The van der Waals surface area contributed by atoms with E-state index in [1.165, 1.54) is 0 Å². The van der Waals surface area contributed by atoms with Gasteiger partial charge in [-0.2, -0.15) is 0 Å². The zero-order valence-electron chi connectivity index (χ0n) is 15.2.